The van der Waals surface area contributed by atoms with Crippen LogP contribution >= 0.6 is 0 Å². The molecular weight excluding hydrogens is 336 g/mol. The third kappa shape index (κ3) is 4.69. The molecule has 1 aromatic heterocycles. The molecule has 1 unspecified atom stereocenters. The minimum absolute atomic E-state index is 0.0395. The molecule has 2 aromatic rings. The van der Waals surface area contributed by atoms with E-state index in [1.165, 1.54) is 5.56 Å². The van der Waals surface area contributed by atoms with Crippen molar-refractivity contribution in [2.75, 3.05) is 0 Å². The summed E-state index contributed by atoms with van der Waals surface area (Å²) < 4.78 is 30.6. The maximum Gasteiger partial charge on any atom is 0.244 e. The highest BCUT2D eigenvalue weighted by atomic mass is 32.2. The number of hydrogen-bond acceptors (Lipinski definition) is 5. The van der Waals surface area contributed by atoms with E-state index in [0.717, 1.165) is 5.56 Å². The first-order valence-corrected chi connectivity index (χ1v) is 10.2. The molecule has 0 aliphatic rings. The van der Waals surface area contributed by atoms with Gasteiger partial charge in [-0.15, -0.1) is 0 Å². The van der Waals surface area contributed by atoms with Crippen LogP contribution in [0.1, 0.15) is 76.6 Å². The standard InChI is InChI=1S/C19H28N2O3S/c1-13(16-20-17(21-24-16)19(5,6)7)25(22,23)12-14-8-10-15(11-9-14)18(2,3)4/h8-11,13H,12H2,1-7H3. The lowest BCUT2D eigenvalue weighted by molar-refractivity contribution is 0.361. The van der Waals surface area contributed by atoms with E-state index in [1.807, 2.05) is 45.0 Å². The van der Waals surface area contributed by atoms with Crippen LogP contribution in [-0.2, 0) is 26.4 Å². The van der Waals surface area contributed by atoms with E-state index in [2.05, 4.69) is 30.9 Å². The van der Waals surface area contributed by atoms with Gasteiger partial charge >= 0.3 is 0 Å². The fourth-order valence-electron chi connectivity index (χ4n) is 2.32. The Balaban J connectivity index is 2.19. The van der Waals surface area contributed by atoms with Crippen LogP contribution in [0, 0.1) is 0 Å². The van der Waals surface area contributed by atoms with Crippen molar-refractivity contribution in [2.45, 2.75) is 70.3 Å². The van der Waals surface area contributed by atoms with Crippen molar-refractivity contribution in [1.29, 1.82) is 0 Å². The summed E-state index contributed by atoms with van der Waals surface area (Å²) in [6, 6.07) is 7.72. The predicted molar refractivity (Wildman–Crippen MR) is 99.2 cm³/mol. The van der Waals surface area contributed by atoms with Gasteiger partial charge in [0.25, 0.3) is 0 Å². The summed E-state index contributed by atoms with van der Waals surface area (Å²) in [6.07, 6.45) is 0. The number of nitrogens with zero attached hydrogens (tertiary/aromatic N) is 2. The van der Waals surface area contributed by atoms with Crippen molar-refractivity contribution in [1.82, 2.24) is 10.1 Å². The molecule has 5 nitrogen and oxygen atoms in total. The Hall–Kier alpha value is -1.69. The Morgan fingerprint density at radius 3 is 2.00 bits per heavy atom. The molecule has 1 atom stereocenters. The molecule has 2 rings (SSSR count). The minimum atomic E-state index is -3.44. The van der Waals surface area contributed by atoms with Crippen molar-refractivity contribution < 1.29 is 12.9 Å². The molecule has 6 heteroatoms. The maximum atomic E-state index is 12.7. The molecule has 0 radical (unpaired) electrons. The lowest BCUT2D eigenvalue weighted by Crippen LogP contribution is -2.16. The van der Waals surface area contributed by atoms with Crippen LogP contribution < -0.4 is 0 Å². The highest BCUT2D eigenvalue weighted by molar-refractivity contribution is 7.90. The highest BCUT2D eigenvalue weighted by Gasteiger charge is 2.30. The van der Waals surface area contributed by atoms with Crippen LogP contribution in [0.4, 0.5) is 0 Å². The molecule has 0 amide bonds. The molecule has 0 aliphatic carbocycles. The number of benzene rings is 1. The van der Waals surface area contributed by atoms with Crippen LogP contribution in [0.25, 0.3) is 0 Å². The quantitative estimate of drug-likeness (QED) is 0.807. The molecule has 0 spiro atoms. The van der Waals surface area contributed by atoms with Crippen LogP contribution in [0.5, 0.6) is 0 Å². The summed E-state index contributed by atoms with van der Waals surface area (Å²) in [4.78, 5) is 4.28. The van der Waals surface area contributed by atoms with Gasteiger partial charge in [-0.2, -0.15) is 4.98 Å². The van der Waals surface area contributed by atoms with E-state index in [-0.39, 0.29) is 22.5 Å². The van der Waals surface area contributed by atoms with Gasteiger partial charge in [0.15, 0.2) is 15.7 Å². The van der Waals surface area contributed by atoms with Gasteiger partial charge in [-0.25, -0.2) is 8.42 Å². The first-order valence-electron chi connectivity index (χ1n) is 8.46. The van der Waals surface area contributed by atoms with E-state index in [1.54, 1.807) is 6.92 Å². The molecular formula is C19H28N2O3S. The average Bonchev–Trinajstić information content (AvgIpc) is 2.95. The van der Waals surface area contributed by atoms with Crippen LogP contribution in [0.2, 0.25) is 0 Å². The smallest absolute Gasteiger partial charge is 0.244 e. The monoisotopic (exact) mass is 364 g/mol. The Bertz CT molecular complexity index is 823. The fraction of sp³-hybridized carbons (Fsp3) is 0.579. The normalized spacial score (nSPS) is 14.5. The van der Waals surface area contributed by atoms with Gasteiger partial charge in [-0.05, 0) is 23.5 Å². The average molecular weight is 365 g/mol. The molecule has 25 heavy (non-hydrogen) atoms. The van der Waals surface area contributed by atoms with Crippen molar-refractivity contribution >= 4 is 9.84 Å². The molecule has 0 bridgehead atoms. The van der Waals surface area contributed by atoms with Gasteiger partial charge in [0, 0.05) is 5.41 Å². The predicted octanol–water partition coefficient (Wildman–Crippen LogP) is 4.34. The summed E-state index contributed by atoms with van der Waals surface area (Å²) >= 11 is 0. The van der Waals surface area contributed by atoms with Gasteiger partial charge < -0.3 is 4.52 Å². The first kappa shape index (κ1) is 19.6. The zero-order valence-electron chi connectivity index (χ0n) is 16.1. The molecule has 0 saturated carbocycles. The van der Waals surface area contributed by atoms with E-state index in [9.17, 15) is 8.42 Å². The van der Waals surface area contributed by atoms with Crippen LogP contribution in [-0.4, -0.2) is 18.6 Å². The third-order valence-corrected chi connectivity index (χ3v) is 6.20. The Morgan fingerprint density at radius 2 is 1.56 bits per heavy atom. The van der Waals surface area contributed by atoms with Crippen molar-refractivity contribution in [3.05, 3.63) is 47.1 Å². The highest BCUT2D eigenvalue weighted by Crippen LogP contribution is 2.28. The molecule has 0 fully saturated rings. The summed E-state index contributed by atoms with van der Waals surface area (Å²) in [6.45, 7) is 13.8. The number of hydrogen-bond donors (Lipinski definition) is 0. The van der Waals surface area contributed by atoms with Gasteiger partial charge in [-0.1, -0.05) is 71.0 Å². The van der Waals surface area contributed by atoms with E-state index >= 15 is 0 Å². The number of aromatic nitrogens is 2. The van der Waals surface area contributed by atoms with Crippen molar-refractivity contribution in [3.8, 4) is 0 Å². The summed E-state index contributed by atoms with van der Waals surface area (Å²) in [5.41, 5.74) is 1.69. The fourth-order valence-corrected chi connectivity index (χ4v) is 3.63. The molecule has 1 aromatic carbocycles. The largest absolute Gasteiger partial charge is 0.338 e. The molecule has 1 heterocycles. The van der Waals surface area contributed by atoms with Crippen molar-refractivity contribution in [3.63, 3.8) is 0 Å². The van der Waals surface area contributed by atoms with Crippen molar-refractivity contribution in [2.24, 2.45) is 0 Å². The molecule has 138 valence electrons. The third-order valence-electron chi connectivity index (χ3n) is 4.19. The first-order chi connectivity index (χ1) is 11.3. The Kier molecular flexibility index (Phi) is 5.15. The van der Waals surface area contributed by atoms with Gasteiger partial charge in [0.05, 0.1) is 5.75 Å². The summed E-state index contributed by atoms with van der Waals surface area (Å²) in [5, 5.41) is 3.08. The summed E-state index contributed by atoms with van der Waals surface area (Å²) in [5.74, 6) is 0.613. The topological polar surface area (TPSA) is 73.1 Å². The van der Waals surface area contributed by atoms with E-state index < -0.39 is 15.1 Å². The second kappa shape index (κ2) is 6.56. The Labute approximate surface area is 150 Å². The minimum Gasteiger partial charge on any atom is -0.338 e. The van der Waals surface area contributed by atoms with Gasteiger partial charge in [0.1, 0.15) is 5.25 Å². The van der Waals surface area contributed by atoms with Crippen LogP contribution in [0.15, 0.2) is 28.8 Å². The lowest BCUT2D eigenvalue weighted by Gasteiger charge is -2.19. The summed E-state index contributed by atoms with van der Waals surface area (Å²) in [7, 11) is -3.44. The van der Waals surface area contributed by atoms with E-state index in [0.29, 0.717) is 5.82 Å². The van der Waals surface area contributed by atoms with E-state index in [4.69, 9.17) is 4.52 Å². The Morgan fingerprint density at radius 1 is 1.00 bits per heavy atom. The number of rotatable bonds is 4. The maximum absolute atomic E-state index is 12.7. The lowest BCUT2D eigenvalue weighted by atomic mass is 9.87. The molecule has 0 N–H and O–H groups in total. The molecule has 0 aliphatic heterocycles. The zero-order valence-corrected chi connectivity index (χ0v) is 16.9. The van der Waals surface area contributed by atoms with Gasteiger partial charge in [-0.3, -0.25) is 0 Å². The second-order valence-electron chi connectivity index (χ2n) is 8.60. The second-order valence-corrected chi connectivity index (χ2v) is 10.9. The number of sulfone groups is 1. The zero-order chi connectivity index (χ0) is 19.0. The molecule has 0 saturated heterocycles. The SMILES string of the molecule is CC(c1nc(C(C)(C)C)no1)S(=O)(=O)Cc1ccc(C(C)(C)C)cc1. The van der Waals surface area contributed by atoms with Crippen LogP contribution in [0.3, 0.4) is 0 Å². The van der Waals surface area contributed by atoms with Gasteiger partial charge in [0.2, 0.25) is 5.89 Å².